The van der Waals surface area contributed by atoms with Crippen molar-refractivity contribution in [2.24, 2.45) is 0 Å². The van der Waals surface area contributed by atoms with Gasteiger partial charge in [-0.3, -0.25) is 9.52 Å². The van der Waals surface area contributed by atoms with Crippen LogP contribution in [0.1, 0.15) is 12.7 Å². The Kier molecular flexibility index (Phi) is 6.96. The molecule has 0 aliphatic rings. The second-order valence-corrected chi connectivity index (χ2v) is 8.59. The number of sulfonamides is 1. The molecule has 0 fully saturated rings. The van der Waals surface area contributed by atoms with Crippen LogP contribution < -0.4 is 14.8 Å². The minimum absolute atomic E-state index is 0.0142. The summed E-state index contributed by atoms with van der Waals surface area (Å²) in [6.45, 7) is 2.36. The molecule has 30 heavy (non-hydrogen) atoms. The van der Waals surface area contributed by atoms with Gasteiger partial charge in [-0.2, -0.15) is 0 Å². The third-order valence-electron chi connectivity index (χ3n) is 3.84. The maximum Gasteiger partial charge on any atom is 0.261 e. The number of carbonyl (C=O) groups is 1. The van der Waals surface area contributed by atoms with Gasteiger partial charge in [0.15, 0.2) is 0 Å². The van der Waals surface area contributed by atoms with Crippen molar-refractivity contribution >= 4 is 49.3 Å². The molecule has 0 aliphatic carbocycles. The van der Waals surface area contributed by atoms with Gasteiger partial charge >= 0.3 is 0 Å². The summed E-state index contributed by atoms with van der Waals surface area (Å²) in [5.41, 5.74) is 0.723. The van der Waals surface area contributed by atoms with E-state index in [1.165, 1.54) is 30.5 Å². The van der Waals surface area contributed by atoms with Crippen molar-refractivity contribution in [3.63, 3.8) is 0 Å². The molecule has 156 valence electrons. The first kappa shape index (κ1) is 21.7. The van der Waals surface area contributed by atoms with Crippen molar-refractivity contribution in [1.29, 1.82) is 0 Å². The maximum absolute atomic E-state index is 12.7. The standard InChI is InChI=1S/C21H19BrN2O5S/c1-2-28-20-10-8-16(14-19(20)22)24-30(26,27)18-7-3-5-15(13-18)23-21(25)11-9-17-6-4-12-29-17/h3-14,24H,2H2,1H3,(H,23,25)/b11-9+. The van der Waals surface area contributed by atoms with Gasteiger partial charge in [-0.15, -0.1) is 0 Å². The molecule has 1 amide bonds. The predicted molar refractivity (Wildman–Crippen MR) is 119 cm³/mol. The van der Waals surface area contributed by atoms with Crippen molar-refractivity contribution in [2.45, 2.75) is 11.8 Å². The molecule has 0 atom stereocenters. The molecule has 0 bridgehead atoms. The van der Waals surface area contributed by atoms with Gasteiger partial charge in [-0.25, -0.2) is 8.42 Å². The summed E-state index contributed by atoms with van der Waals surface area (Å²) in [6.07, 6.45) is 4.32. The first-order valence-corrected chi connectivity index (χ1v) is 11.2. The van der Waals surface area contributed by atoms with Gasteiger partial charge < -0.3 is 14.5 Å². The van der Waals surface area contributed by atoms with Crippen LogP contribution in [-0.4, -0.2) is 20.9 Å². The molecule has 2 aromatic carbocycles. The van der Waals surface area contributed by atoms with Crippen LogP contribution in [0.2, 0.25) is 0 Å². The Labute approximate surface area is 182 Å². The molecule has 1 aromatic heterocycles. The molecular formula is C21H19BrN2O5S. The Morgan fingerprint density at radius 2 is 1.97 bits per heavy atom. The Balaban J connectivity index is 1.72. The molecule has 0 spiro atoms. The lowest BCUT2D eigenvalue weighted by atomic mass is 10.3. The summed E-state index contributed by atoms with van der Waals surface area (Å²) in [5, 5.41) is 2.63. The molecule has 0 unspecified atom stereocenters. The summed E-state index contributed by atoms with van der Waals surface area (Å²) in [7, 11) is -3.86. The quantitative estimate of drug-likeness (QED) is 0.437. The number of benzene rings is 2. The zero-order valence-electron chi connectivity index (χ0n) is 16.0. The highest BCUT2D eigenvalue weighted by molar-refractivity contribution is 9.10. The van der Waals surface area contributed by atoms with Crippen LogP contribution in [0.15, 0.2) is 80.7 Å². The average molecular weight is 491 g/mol. The van der Waals surface area contributed by atoms with E-state index in [-0.39, 0.29) is 4.90 Å². The molecule has 2 N–H and O–H groups in total. The molecule has 9 heteroatoms. The maximum atomic E-state index is 12.7. The van der Waals surface area contributed by atoms with Crippen molar-refractivity contribution in [1.82, 2.24) is 0 Å². The lowest BCUT2D eigenvalue weighted by Gasteiger charge is -2.12. The predicted octanol–water partition coefficient (Wildman–Crippen LogP) is 4.89. The van der Waals surface area contributed by atoms with Gasteiger partial charge in [0.1, 0.15) is 11.5 Å². The van der Waals surface area contributed by atoms with Gasteiger partial charge in [0.2, 0.25) is 5.91 Å². The fraction of sp³-hybridized carbons (Fsp3) is 0.0952. The molecule has 3 aromatic rings. The number of anilines is 2. The highest BCUT2D eigenvalue weighted by Crippen LogP contribution is 2.29. The van der Waals surface area contributed by atoms with E-state index in [1.54, 1.807) is 42.5 Å². The van der Waals surface area contributed by atoms with Crippen LogP contribution in [0.25, 0.3) is 6.08 Å². The van der Waals surface area contributed by atoms with Crippen molar-refractivity contribution in [3.8, 4) is 5.75 Å². The number of rotatable bonds is 8. The molecule has 0 saturated carbocycles. The van der Waals surface area contributed by atoms with Crippen LogP contribution in [0.3, 0.4) is 0 Å². The lowest BCUT2D eigenvalue weighted by Crippen LogP contribution is -2.14. The number of nitrogens with one attached hydrogen (secondary N) is 2. The summed E-state index contributed by atoms with van der Waals surface area (Å²) in [5.74, 6) is 0.740. The van der Waals surface area contributed by atoms with Crippen LogP contribution in [0.4, 0.5) is 11.4 Å². The van der Waals surface area contributed by atoms with E-state index in [9.17, 15) is 13.2 Å². The second-order valence-electron chi connectivity index (χ2n) is 6.05. The Morgan fingerprint density at radius 1 is 1.13 bits per heavy atom. The third kappa shape index (κ3) is 5.74. The van der Waals surface area contributed by atoms with E-state index in [1.807, 2.05) is 6.92 Å². The summed E-state index contributed by atoms with van der Waals surface area (Å²) in [4.78, 5) is 12.1. The first-order valence-electron chi connectivity index (χ1n) is 8.95. The second kappa shape index (κ2) is 9.64. The largest absolute Gasteiger partial charge is 0.493 e. The van der Waals surface area contributed by atoms with Crippen molar-refractivity contribution < 1.29 is 22.4 Å². The molecule has 1 heterocycles. The average Bonchev–Trinajstić information content (AvgIpc) is 3.22. The molecule has 7 nitrogen and oxygen atoms in total. The van der Waals surface area contributed by atoms with Crippen LogP contribution in [-0.2, 0) is 14.8 Å². The summed E-state index contributed by atoms with van der Waals surface area (Å²) < 4.78 is 39.2. The third-order valence-corrected chi connectivity index (χ3v) is 5.84. The van der Waals surface area contributed by atoms with Crippen LogP contribution in [0, 0.1) is 0 Å². The number of ether oxygens (including phenoxy) is 1. The number of halogens is 1. The minimum atomic E-state index is -3.86. The Hall–Kier alpha value is -3.04. The number of hydrogen-bond donors (Lipinski definition) is 2. The highest BCUT2D eigenvalue weighted by atomic mass is 79.9. The normalized spacial score (nSPS) is 11.4. The van der Waals surface area contributed by atoms with E-state index in [0.717, 1.165) is 0 Å². The van der Waals surface area contributed by atoms with Crippen molar-refractivity contribution in [3.05, 3.63) is 77.2 Å². The smallest absolute Gasteiger partial charge is 0.261 e. The fourth-order valence-corrected chi connectivity index (χ4v) is 4.11. The highest BCUT2D eigenvalue weighted by Gasteiger charge is 2.16. The Bertz CT molecular complexity index is 1160. The zero-order chi connectivity index (χ0) is 21.6. The van der Waals surface area contributed by atoms with Crippen LogP contribution >= 0.6 is 15.9 Å². The van der Waals surface area contributed by atoms with Gasteiger partial charge in [-0.05, 0) is 77.5 Å². The topological polar surface area (TPSA) is 97.6 Å². The summed E-state index contributed by atoms with van der Waals surface area (Å²) in [6, 6.07) is 14.3. The van der Waals surface area contributed by atoms with Crippen LogP contribution in [0.5, 0.6) is 5.75 Å². The van der Waals surface area contributed by atoms with Gasteiger partial charge in [0, 0.05) is 11.8 Å². The van der Waals surface area contributed by atoms with E-state index < -0.39 is 15.9 Å². The summed E-state index contributed by atoms with van der Waals surface area (Å²) >= 11 is 3.36. The van der Waals surface area contributed by atoms with E-state index in [4.69, 9.17) is 9.15 Å². The minimum Gasteiger partial charge on any atom is -0.493 e. The zero-order valence-corrected chi connectivity index (χ0v) is 18.4. The van der Waals surface area contributed by atoms with E-state index in [2.05, 4.69) is 26.0 Å². The number of furan rings is 1. The molecule has 0 radical (unpaired) electrons. The number of amides is 1. The van der Waals surface area contributed by atoms with Gasteiger partial charge in [-0.1, -0.05) is 6.07 Å². The van der Waals surface area contributed by atoms with Gasteiger partial charge in [0.05, 0.1) is 27.9 Å². The monoisotopic (exact) mass is 490 g/mol. The number of hydrogen-bond acceptors (Lipinski definition) is 5. The van der Waals surface area contributed by atoms with E-state index in [0.29, 0.717) is 34.0 Å². The van der Waals surface area contributed by atoms with Gasteiger partial charge in [0.25, 0.3) is 10.0 Å². The lowest BCUT2D eigenvalue weighted by molar-refractivity contribution is -0.111. The van der Waals surface area contributed by atoms with Crippen molar-refractivity contribution in [2.75, 3.05) is 16.6 Å². The van der Waals surface area contributed by atoms with E-state index >= 15 is 0 Å². The molecule has 0 aliphatic heterocycles. The fourth-order valence-electron chi connectivity index (χ4n) is 2.52. The number of carbonyl (C=O) groups excluding carboxylic acids is 1. The molecule has 3 rings (SSSR count). The Morgan fingerprint density at radius 3 is 2.67 bits per heavy atom. The SMILES string of the molecule is CCOc1ccc(NS(=O)(=O)c2cccc(NC(=O)/C=C/c3ccco3)c2)cc1Br. The first-order chi connectivity index (χ1) is 14.4. The molecule has 0 saturated heterocycles. The molecular weight excluding hydrogens is 472 g/mol.